The topological polar surface area (TPSA) is 151 Å². The predicted molar refractivity (Wildman–Crippen MR) is 630 cm³/mol. The monoisotopic (exact) mass is 1990 g/mol. The number of piperidine rings is 1. The number of nitrogens with one attached hydrogen (secondary N) is 4. The molecule has 0 saturated carbocycles. The van der Waals surface area contributed by atoms with Gasteiger partial charge in [-0.15, -0.1) is 88.8 Å². The number of pyridine rings is 2. The second kappa shape index (κ2) is 74.3. The summed E-state index contributed by atoms with van der Waals surface area (Å²) in [6.45, 7) is 80.6. The first-order chi connectivity index (χ1) is 68.4. The van der Waals surface area contributed by atoms with Crippen LogP contribution in [0.3, 0.4) is 0 Å². The zero-order valence-corrected chi connectivity index (χ0v) is 98.5. The van der Waals surface area contributed by atoms with Crippen LogP contribution < -0.4 is 21.3 Å². The van der Waals surface area contributed by atoms with E-state index in [0.29, 0.717) is 84.4 Å². The number of benzene rings is 1. The van der Waals surface area contributed by atoms with Gasteiger partial charge >= 0.3 is 0 Å². The van der Waals surface area contributed by atoms with E-state index < -0.39 is 0 Å². The van der Waals surface area contributed by atoms with E-state index in [4.69, 9.17) is 4.74 Å². The van der Waals surface area contributed by atoms with Gasteiger partial charge in [-0.05, 0) is 175 Å². The standard InChI is InChI=1S/C14H18.2C13H17N.C13H21N.2C12H16N2.C12H21N.C12H19N.C11H15NS.C11H19N.C10H16O/c1-14(2,3)12-8-7-11-13-9-5-4-6-10-13;1-13(2,3)10-6-4-8-12-9-5-7-11-14-12;1-13(2,3)9-5-4-7-12-8-6-10-14-11-12;1-13(2,3)9-5-4-6-12-7-10-14-11-8-12;1-12(2,3)8-5-4-7-11-13-9-6-10-14-11;1-12(2,3)8-5-4-6-11-7-9-13-10-14-11;1-12(2,3)8-4-5-11-6-9-13-10-7-11;1-12(2,3)8-5-4-6-11-7-9-13-10-11;1-11(2,3)7-5-4-6-10-8-12-13-9-10;1-11(2,3)7-5-4-6-10-8-12-9-10;1-10(2,3)7-5-4-6-9-8-11-9/h4-6,9-10H,11-12H2,1-3H3;5,7,9,11H,8,10H2,1-3H3;6,8,10-11H,7,9H2,1-3H3;7,10,12,14H,6,8-9,11H2,1-3H3;6,9-10H,7-8H2,1-3H3;7,9-10H,6,8H2,1-3H3;11,13H,6-10H2,1-3H3;7,9,11,13H,6,8,10H2,1-3H3;8-9H,6-7H2,1-3H3;10,12H,6-9H2,1-3H3;9H,6-8H2,1-3H3. The predicted octanol–water partition coefficient (Wildman–Crippen LogP) is 30.0. The van der Waals surface area contributed by atoms with E-state index >= 15 is 0 Å². The van der Waals surface area contributed by atoms with Gasteiger partial charge in [0, 0.05) is 202 Å². The summed E-state index contributed by atoms with van der Waals surface area (Å²) in [5, 5.41) is 15.0. The van der Waals surface area contributed by atoms with Crippen LogP contribution in [0.25, 0.3) is 0 Å². The van der Waals surface area contributed by atoms with Crippen LogP contribution in [-0.2, 0) is 43.3 Å². The lowest BCUT2D eigenvalue weighted by atomic mass is 9.91. The maximum Gasteiger partial charge on any atom is 0.140 e. The van der Waals surface area contributed by atoms with Crippen molar-refractivity contribution < 1.29 is 4.74 Å². The largest absolute Gasteiger partial charge is 0.391 e. The van der Waals surface area contributed by atoms with Gasteiger partial charge in [0.1, 0.15) is 12.2 Å². The fourth-order valence-electron chi connectivity index (χ4n) is 11.3. The Morgan fingerprint density at radius 1 is 0.308 bits per heavy atom. The van der Waals surface area contributed by atoms with Crippen LogP contribution in [0.5, 0.6) is 0 Å². The zero-order chi connectivity index (χ0) is 109. The molecule has 0 aliphatic carbocycles. The van der Waals surface area contributed by atoms with Crippen molar-refractivity contribution in [2.45, 2.75) is 389 Å². The third-order valence-corrected chi connectivity index (χ3v) is 20.8. The summed E-state index contributed by atoms with van der Waals surface area (Å²) in [5.74, 6) is 74.1. The van der Waals surface area contributed by atoms with Gasteiger partial charge in [-0.1, -0.05) is 325 Å². The van der Waals surface area contributed by atoms with Crippen LogP contribution in [0.15, 0.2) is 152 Å². The number of epoxide rings is 1. The molecule has 5 aliphatic heterocycles. The molecule has 5 aliphatic rings. The number of nitrogens with zero attached hydrogens (tertiary/aromatic N) is 7. The van der Waals surface area contributed by atoms with Crippen molar-refractivity contribution in [2.75, 3.05) is 45.9 Å². The molecule has 0 bridgehead atoms. The molecule has 3 saturated heterocycles. The fraction of sp³-hybridized carbons (Fsp3) is 0.602. The summed E-state index contributed by atoms with van der Waals surface area (Å²) >= 11 is 1.49. The van der Waals surface area contributed by atoms with Gasteiger partial charge in [-0.25, -0.2) is 24.3 Å². The van der Waals surface area contributed by atoms with Gasteiger partial charge in [0.05, 0.1) is 43.4 Å². The van der Waals surface area contributed by atoms with E-state index in [2.05, 4.69) is 463 Å². The Kier molecular flexibility index (Phi) is 67.9. The van der Waals surface area contributed by atoms with Crippen LogP contribution in [0.1, 0.15) is 378 Å². The molecule has 5 aromatic heterocycles. The van der Waals surface area contributed by atoms with Crippen molar-refractivity contribution in [1.82, 2.24) is 55.5 Å². The smallest absolute Gasteiger partial charge is 0.140 e. The molecule has 794 valence electrons. The molecule has 146 heavy (non-hydrogen) atoms. The van der Waals surface area contributed by atoms with Crippen molar-refractivity contribution in [3.8, 4) is 130 Å². The van der Waals surface area contributed by atoms with Gasteiger partial charge in [0.15, 0.2) is 0 Å². The summed E-state index contributed by atoms with van der Waals surface area (Å²) in [5.41, 5.74) is 9.34. The lowest BCUT2D eigenvalue weighted by molar-refractivity contribution is 0.355. The van der Waals surface area contributed by atoms with Gasteiger partial charge in [0.2, 0.25) is 0 Å². The minimum Gasteiger partial charge on any atom is -0.391 e. The number of rotatable bonds is 10. The highest BCUT2D eigenvalue weighted by atomic mass is 32.1. The lowest BCUT2D eigenvalue weighted by Crippen LogP contribution is -2.41. The Labute approximate surface area is 900 Å². The quantitative estimate of drug-likeness (QED) is 0.0763. The molecular weight excluding hydrogens is 1800 g/mol. The molecule has 1 aromatic carbocycles. The maximum atomic E-state index is 5.04. The minimum absolute atomic E-state index is 0.282. The first-order valence-electron chi connectivity index (χ1n) is 53.5. The van der Waals surface area contributed by atoms with Crippen molar-refractivity contribution >= 4 is 11.5 Å². The van der Waals surface area contributed by atoms with Gasteiger partial charge in [0.25, 0.3) is 0 Å². The second-order valence-electron chi connectivity index (χ2n) is 51.3. The molecule has 0 amide bonds. The van der Waals surface area contributed by atoms with Gasteiger partial charge in [-0.3, -0.25) is 9.97 Å². The Morgan fingerprint density at radius 3 is 1.10 bits per heavy atom. The minimum atomic E-state index is 0.282. The Morgan fingerprint density at radius 2 is 0.705 bits per heavy atom. The SMILES string of the molecule is CC(C)(C)CC#CC1CCNCC1.CC(C)(C)CC#CCC1C=CNC1.CC(C)(C)CC#CCC1C=CNCC1.CC(C)(C)CC#CCC1CNC1.CC(C)(C)CC#CCC1CO1.CC(C)(C)CC#CCc1ccccc1.CC(C)(C)CC#CCc1ccccn1.CC(C)(C)CC#CCc1cccnc1.CC(C)(C)CC#CCc1ccncn1.CC(C)(C)CC#CCc1cnsc1.CC(C)(C)CC#CCc1ncccn1. The number of aromatic nitrogens is 7. The lowest BCUT2D eigenvalue weighted by Gasteiger charge is -2.24. The van der Waals surface area contributed by atoms with E-state index in [1.165, 1.54) is 60.6 Å². The highest BCUT2D eigenvalue weighted by molar-refractivity contribution is 7.03. The van der Waals surface area contributed by atoms with Gasteiger partial charge in [-0.2, -0.15) is 0 Å². The normalized spacial score (nSPS) is 14.7. The average Bonchev–Trinajstić information content (AvgIpc) is 1.75. The molecule has 3 fully saturated rings. The van der Waals surface area contributed by atoms with Crippen molar-refractivity contribution in [1.29, 1.82) is 0 Å². The van der Waals surface area contributed by atoms with E-state index in [1.807, 2.05) is 66.4 Å². The summed E-state index contributed by atoms with van der Waals surface area (Å²) in [6.07, 6.45) is 46.2. The molecule has 10 heterocycles. The molecule has 13 heteroatoms. The van der Waals surface area contributed by atoms with Crippen LogP contribution in [0, 0.1) is 213 Å². The molecule has 3 unspecified atom stereocenters. The molecule has 12 nitrogen and oxygen atoms in total. The molecule has 0 spiro atoms. The summed E-state index contributed by atoms with van der Waals surface area (Å²) in [6, 6.07) is 24.0. The number of allylic oxidation sites excluding steroid dienone is 1. The van der Waals surface area contributed by atoms with E-state index in [0.717, 1.165) is 184 Å². The van der Waals surface area contributed by atoms with Gasteiger partial charge < -0.3 is 26.0 Å². The molecule has 6 aromatic rings. The number of hydrogen-bond acceptors (Lipinski definition) is 13. The fourth-order valence-corrected chi connectivity index (χ4v) is 11.9. The van der Waals surface area contributed by atoms with Crippen molar-refractivity contribution in [3.05, 3.63) is 186 Å². The van der Waals surface area contributed by atoms with Crippen molar-refractivity contribution in [2.24, 2.45) is 83.2 Å². The maximum absolute atomic E-state index is 5.04. The molecular formula is C133H195N11OS. The highest BCUT2D eigenvalue weighted by Crippen LogP contribution is 2.26. The van der Waals surface area contributed by atoms with Crippen LogP contribution in [0.2, 0.25) is 0 Å². The van der Waals surface area contributed by atoms with Crippen molar-refractivity contribution in [3.63, 3.8) is 0 Å². The molecule has 0 radical (unpaired) electrons. The number of hydrogen-bond donors (Lipinski definition) is 4. The third kappa shape index (κ3) is 96.9. The summed E-state index contributed by atoms with van der Waals surface area (Å²) in [4.78, 5) is 24.4. The Bertz CT molecular complexity index is 4840. The van der Waals surface area contributed by atoms with E-state index in [1.54, 1.807) is 37.3 Å². The van der Waals surface area contributed by atoms with E-state index in [9.17, 15) is 0 Å². The summed E-state index contributed by atoms with van der Waals surface area (Å²) in [7, 11) is 0. The first kappa shape index (κ1) is 133. The Hall–Kier alpha value is -10.6. The molecule has 11 rings (SSSR count). The molecule has 4 N–H and O–H groups in total. The van der Waals surface area contributed by atoms with Crippen LogP contribution in [-0.4, -0.2) is 86.3 Å². The van der Waals surface area contributed by atoms with E-state index in [-0.39, 0.29) is 5.41 Å². The Balaban J connectivity index is 0.000000803. The van der Waals surface area contributed by atoms with Crippen LogP contribution in [0.4, 0.5) is 0 Å². The third-order valence-electron chi connectivity index (χ3n) is 20.1. The first-order valence-corrected chi connectivity index (χ1v) is 54.3. The zero-order valence-electron chi connectivity index (χ0n) is 97.7. The second-order valence-corrected chi connectivity index (χ2v) is 52.0. The summed E-state index contributed by atoms with van der Waals surface area (Å²) < 4.78 is 9.06. The average molecular weight is 2000 g/mol. The van der Waals surface area contributed by atoms with Crippen LogP contribution >= 0.6 is 11.5 Å². The number of ether oxygens (including phenoxy) is 1. The highest BCUT2D eigenvalue weighted by Gasteiger charge is 2.21. The molecule has 3 atom stereocenters.